The summed E-state index contributed by atoms with van der Waals surface area (Å²) in [6.45, 7) is 2.06. The zero-order chi connectivity index (χ0) is 34.4. The Balaban J connectivity index is 1.01. The smallest absolute Gasteiger partial charge is 0.335 e. The van der Waals surface area contributed by atoms with Gasteiger partial charge in [-0.2, -0.15) is 0 Å². The zero-order valence-corrected chi connectivity index (χ0v) is 27.7. The molecule has 10 nitrogen and oxygen atoms in total. The third-order valence-corrected chi connectivity index (χ3v) is 10.2. The van der Waals surface area contributed by atoms with Crippen molar-refractivity contribution in [3.8, 4) is 54.8 Å². The molecule has 0 radical (unpaired) electrons. The number of nitrogens with one attached hydrogen (secondary N) is 1. The van der Waals surface area contributed by atoms with Crippen molar-refractivity contribution in [2.45, 2.75) is 13.0 Å². The third-order valence-electron chi connectivity index (χ3n) is 8.01. The maximum Gasteiger partial charge on any atom is 0.335 e. The maximum absolute atomic E-state index is 12.0. The van der Waals surface area contributed by atoms with Gasteiger partial charge in [0.2, 0.25) is 0 Å². The van der Waals surface area contributed by atoms with Crippen LogP contribution in [0.5, 0.6) is 0 Å². The van der Waals surface area contributed by atoms with Crippen molar-refractivity contribution in [3.63, 3.8) is 0 Å². The average Bonchev–Trinajstić information content (AvgIpc) is 3.97. The number of aryl methyl sites for hydroxylation is 1. The number of furan rings is 3. The molecule has 0 aromatic carbocycles. The molecule has 246 valence electrons. The first kappa shape index (κ1) is 31.1. The predicted octanol–water partition coefficient (Wildman–Crippen LogP) is 9.42. The molecule has 0 fully saturated rings. The molecule has 0 aliphatic carbocycles. The number of carbonyl (C=O) groups is 2. The van der Waals surface area contributed by atoms with Gasteiger partial charge in [-0.3, -0.25) is 9.97 Å². The number of aromatic nitrogens is 2. The average molecular weight is 700 g/mol. The molecule has 3 N–H and O–H groups in total. The van der Waals surface area contributed by atoms with Gasteiger partial charge in [0.15, 0.2) is 23.0 Å². The van der Waals surface area contributed by atoms with Crippen LogP contribution in [0.2, 0.25) is 0 Å². The largest absolute Gasteiger partial charge is 0.478 e. The molecule has 0 spiro atoms. The summed E-state index contributed by atoms with van der Waals surface area (Å²) in [6.07, 6.45) is 6.05. The highest BCUT2D eigenvalue weighted by Crippen LogP contribution is 2.39. The van der Waals surface area contributed by atoms with Gasteiger partial charge in [0.05, 0.1) is 44.0 Å². The third kappa shape index (κ3) is 6.09. The summed E-state index contributed by atoms with van der Waals surface area (Å²) >= 11 is 3.21. The molecule has 8 heterocycles. The van der Waals surface area contributed by atoms with Gasteiger partial charge in [-0.1, -0.05) is 0 Å². The van der Waals surface area contributed by atoms with E-state index in [0.29, 0.717) is 45.9 Å². The lowest BCUT2D eigenvalue weighted by Crippen LogP contribution is -2.25. The molecule has 0 bridgehead atoms. The number of aliphatic carboxylic acids is 1. The molecular weight excluding hydrogens is 675 g/mol. The molecule has 0 saturated heterocycles. The summed E-state index contributed by atoms with van der Waals surface area (Å²) in [7, 11) is 0. The molecule has 1 atom stereocenters. The Hall–Kier alpha value is -6.24. The molecule has 1 unspecified atom stereocenters. The summed E-state index contributed by atoms with van der Waals surface area (Å²) in [6, 6.07) is 25.3. The molecule has 1 aliphatic rings. The lowest BCUT2D eigenvalue weighted by Gasteiger charge is -2.23. The Morgan fingerprint density at radius 3 is 1.92 bits per heavy atom. The van der Waals surface area contributed by atoms with Gasteiger partial charge in [-0.05, 0) is 110 Å². The number of aromatic carboxylic acids is 1. The van der Waals surface area contributed by atoms with Gasteiger partial charge in [-0.15, -0.1) is 22.7 Å². The van der Waals surface area contributed by atoms with Crippen molar-refractivity contribution in [2.24, 2.45) is 0 Å². The maximum atomic E-state index is 12.0. The van der Waals surface area contributed by atoms with E-state index in [-0.39, 0.29) is 11.1 Å². The lowest BCUT2D eigenvalue weighted by molar-refractivity contribution is -0.132. The minimum Gasteiger partial charge on any atom is -0.478 e. The van der Waals surface area contributed by atoms with E-state index in [2.05, 4.69) is 28.3 Å². The van der Waals surface area contributed by atoms with Gasteiger partial charge >= 0.3 is 11.9 Å². The van der Waals surface area contributed by atoms with Crippen LogP contribution in [0, 0.1) is 6.92 Å². The summed E-state index contributed by atoms with van der Waals surface area (Å²) in [5.74, 6) is 1.67. The van der Waals surface area contributed by atoms with E-state index >= 15 is 0 Å². The number of hydrogen-bond donors (Lipinski definition) is 3. The summed E-state index contributed by atoms with van der Waals surface area (Å²) in [4.78, 5) is 36.5. The Morgan fingerprint density at radius 2 is 1.28 bits per heavy atom. The van der Waals surface area contributed by atoms with Crippen LogP contribution >= 0.6 is 22.7 Å². The van der Waals surface area contributed by atoms with Gasteiger partial charge in [0.25, 0.3) is 0 Å². The second-order valence-electron chi connectivity index (χ2n) is 11.4. The fourth-order valence-corrected chi connectivity index (χ4v) is 7.35. The first-order valence-corrected chi connectivity index (χ1v) is 17.0. The van der Waals surface area contributed by atoms with E-state index < -0.39 is 18.0 Å². The highest BCUT2D eigenvalue weighted by Gasteiger charge is 2.23. The number of hydrogen-bond acceptors (Lipinski definition) is 10. The molecule has 7 aromatic rings. The number of nitrogens with zero attached hydrogens (tertiary/aromatic N) is 2. The fourth-order valence-electron chi connectivity index (χ4n) is 5.56. The second-order valence-corrected chi connectivity index (χ2v) is 13.7. The van der Waals surface area contributed by atoms with E-state index in [1.54, 1.807) is 17.5 Å². The van der Waals surface area contributed by atoms with Gasteiger partial charge in [0, 0.05) is 22.1 Å². The Morgan fingerprint density at radius 1 is 0.680 bits per heavy atom. The molecule has 50 heavy (non-hydrogen) atoms. The quantitative estimate of drug-likeness (QED) is 0.133. The first-order chi connectivity index (χ1) is 24.3. The van der Waals surface area contributed by atoms with Gasteiger partial charge in [-0.25, -0.2) is 9.59 Å². The van der Waals surface area contributed by atoms with E-state index in [9.17, 15) is 19.8 Å². The molecule has 7 aromatic heterocycles. The molecule has 1 aliphatic heterocycles. The Kier molecular flexibility index (Phi) is 7.86. The summed E-state index contributed by atoms with van der Waals surface area (Å²) < 4.78 is 18.4. The number of carboxylic acid groups (broad SMARTS) is 2. The molecule has 0 amide bonds. The van der Waals surface area contributed by atoms with Crippen LogP contribution in [-0.2, 0) is 4.79 Å². The normalized spacial score (nSPS) is 14.2. The Labute approximate surface area is 292 Å². The molecule has 12 heteroatoms. The van der Waals surface area contributed by atoms with E-state index in [0.717, 1.165) is 26.0 Å². The number of pyridine rings is 2. The minimum atomic E-state index is -1.12. The minimum absolute atomic E-state index is 0.0385. The van der Waals surface area contributed by atoms with Crippen molar-refractivity contribution >= 4 is 40.3 Å². The first-order valence-electron chi connectivity index (χ1n) is 15.3. The van der Waals surface area contributed by atoms with Crippen molar-refractivity contribution < 1.29 is 33.1 Å². The van der Waals surface area contributed by atoms with E-state index in [4.69, 9.17) is 13.3 Å². The lowest BCUT2D eigenvalue weighted by atomic mass is 10.00. The van der Waals surface area contributed by atoms with E-state index in [1.165, 1.54) is 46.7 Å². The summed E-state index contributed by atoms with van der Waals surface area (Å²) in [5, 5.41) is 22.5. The number of thiophene rings is 2. The summed E-state index contributed by atoms with van der Waals surface area (Å²) in [5.41, 5.74) is 2.33. The van der Waals surface area contributed by atoms with Crippen LogP contribution in [0.25, 0.3) is 60.5 Å². The van der Waals surface area contributed by atoms with Crippen LogP contribution in [0.15, 0.2) is 128 Å². The van der Waals surface area contributed by atoms with Crippen LogP contribution in [0.1, 0.15) is 32.7 Å². The van der Waals surface area contributed by atoms with Gasteiger partial charge < -0.3 is 28.8 Å². The Bertz CT molecular complexity index is 2470. The van der Waals surface area contributed by atoms with Crippen LogP contribution in [0.4, 0.5) is 0 Å². The number of dihydropyridines is 1. The molecule has 0 saturated carbocycles. The van der Waals surface area contributed by atoms with Crippen LogP contribution < -0.4 is 5.32 Å². The molecule has 8 rings (SSSR count). The highest BCUT2D eigenvalue weighted by atomic mass is 32.1. The van der Waals surface area contributed by atoms with Crippen molar-refractivity contribution in [2.75, 3.05) is 0 Å². The zero-order valence-electron chi connectivity index (χ0n) is 26.1. The van der Waals surface area contributed by atoms with E-state index in [1.807, 2.05) is 66.7 Å². The number of carboxylic acids is 2. The SMILES string of the molecule is Cc1ccc(-c2ccc(-c3ccc(-c4ccc(-c5ccc(-c6ccnc(C7=CC(C(=O)O)=CC(c8cc(C(=O)O)ccn8)N7)c6)s5)o4)o3)o2)s1. The number of rotatable bonds is 9. The predicted molar refractivity (Wildman–Crippen MR) is 189 cm³/mol. The van der Waals surface area contributed by atoms with Crippen LogP contribution in [-0.4, -0.2) is 32.1 Å². The topological polar surface area (TPSA) is 152 Å². The van der Waals surface area contributed by atoms with Crippen molar-refractivity contribution in [1.82, 2.24) is 15.3 Å². The molecular formula is C38H25N3O7S2. The highest BCUT2D eigenvalue weighted by molar-refractivity contribution is 7.18. The van der Waals surface area contributed by atoms with Crippen LogP contribution in [0.3, 0.4) is 0 Å². The standard InChI is InChI=1S/C38H25N3O7S2/c1-20-2-9-35(49-20)32-7-5-30(47-32)28-3-4-29(46-28)31-6-8-33(48-31)36-11-10-34(50-36)21-12-14-39-24(16-21)26-18-23(38(44)45)19-27(41-26)25-17-22(37(42)43)13-15-40-25/h2-19,27,41H,1H3,(H,42,43)(H,44,45). The second kappa shape index (κ2) is 12.7. The van der Waals surface area contributed by atoms with Crippen molar-refractivity contribution in [1.29, 1.82) is 0 Å². The fraction of sp³-hybridized carbons (Fsp3) is 0.0526. The van der Waals surface area contributed by atoms with Crippen molar-refractivity contribution in [3.05, 3.63) is 137 Å². The van der Waals surface area contributed by atoms with Gasteiger partial charge in [0.1, 0.15) is 11.5 Å². The monoisotopic (exact) mass is 699 g/mol.